The first-order valence-electron chi connectivity index (χ1n) is 11.5. The van der Waals surface area contributed by atoms with E-state index >= 15 is 0 Å². The monoisotopic (exact) mass is 502 g/mol. The van der Waals surface area contributed by atoms with Crippen molar-refractivity contribution in [2.24, 2.45) is 0 Å². The van der Waals surface area contributed by atoms with Gasteiger partial charge < -0.3 is 29.1 Å². The second kappa shape index (κ2) is 12.0. The van der Waals surface area contributed by atoms with Gasteiger partial charge in [-0.05, 0) is 54.8 Å². The quantitative estimate of drug-likeness (QED) is 0.215. The second-order valence-corrected chi connectivity index (χ2v) is 8.87. The fraction of sp³-hybridized carbons (Fsp3) is 0.185. The molecule has 8 nitrogen and oxygen atoms in total. The van der Waals surface area contributed by atoms with Gasteiger partial charge in [0.1, 0.15) is 17.3 Å². The SMILES string of the molecule is CCOc1ccc(-c2cnc(Nc3cccc([S-](=N)=O)c3)nc2NCCc2ccc(OC)cc2)cc1. The molecule has 4 aromatic rings. The number of ether oxygens (including phenoxy) is 2. The zero-order chi connectivity index (χ0) is 25.3. The molecule has 1 heterocycles. The first-order chi connectivity index (χ1) is 17.6. The number of methoxy groups -OCH3 is 1. The van der Waals surface area contributed by atoms with Gasteiger partial charge in [-0.1, -0.05) is 47.4 Å². The van der Waals surface area contributed by atoms with Crippen LogP contribution in [0.2, 0.25) is 0 Å². The summed E-state index contributed by atoms with van der Waals surface area (Å²) >= 11 is 0. The number of hydrogen-bond donors (Lipinski definition) is 3. The van der Waals surface area contributed by atoms with Gasteiger partial charge in [0.15, 0.2) is 0 Å². The number of hydrogen-bond acceptors (Lipinski definition) is 9. The zero-order valence-electron chi connectivity index (χ0n) is 20.2. The van der Waals surface area contributed by atoms with Crippen LogP contribution >= 0.6 is 0 Å². The molecular formula is C27H28N5O3S-. The molecule has 36 heavy (non-hydrogen) atoms. The summed E-state index contributed by atoms with van der Waals surface area (Å²) in [6, 6.07) is 22.7. The molecule has 0 saturated carbocycles. The van der Waals surface area contributed by atoms with Crippen LogP contribution in [0, 0.1) is 4.78 Å². The van der Waals surface area contributed by atoms with Gasteiger partial charge in [-0.3, -0.25) is 0 Å². The molecule has 0 amide bonds. The van der Waals surface area contributed by atoms with Gasteiger partial charge in [0.05, 0.1) is 13.7 Å². The predicted octanol–water partition coefficient (Wildman–Crippen LogP) is 6.03. The summed E-state index contributed by atoms with van der Waals surface area (Å²) < 4.78 is 29.8. The summed E-state index contributed by atoms with van der Waals surface area (Å²) in [7, 11) is -0.165. The Morgan fingerprint density at radius 3 is 2.44 bits per heavy atom. The van der Waals surface area contributed by atoms with Crippen LogP contribution in [0.4, 0.5) is 17.5 Å². The third-order valence-corrected chi connectivity index (χ3v) is 6.12. The molecular weight excluding hydrogens is 474 g/mol. The minimum atomic E-state index is -1.82. The van der Waals surface area contributed by atoms with E-state index in [9.17, 15) is 4.21 Å². The van der Waals surface area contributed by atoms with Crippen molar-refractivity contribution >= 4 is 28.0 Å². The maximum atomic E-state index is 11.5. The molecule has 0 aliphatic carbocycles. The van der Waals surface area contributed by atoms with E-state index in [1.54, 1.807) is 31.5 Å². The number of nitrogens with zero attached hydrogens (tertiary/aromatic N) is 2. The topological polar surface area (TPSA) is 109 Å². The van der Waals surface area contributed by atoms with Gasteiger partial charge in [0.25, 0.3) is 0 Å². The van der Waals surface area contributed by atoms with E-state index in [-0.39, 0.29) is 0 Å². The summed E-state index contributed by atoms with van der Waals surface area (Å²) in [6.07, 6.45) is 2.57. The third-order valence-electron chi connectivity index (χ3n) is 5.43. The van der Waals surface area contributed by atoms with E-state index in [1.807, 2.05) is 61.5 Å². The molecule has 186 valence electrons. The lowest BCUT2D eigenvalue weighted by atomic mass is 10.1. The van der Waals surface area contributed by atoms with Crippen molar-refractivity contribution in [3.8, 4) is 22.6 Å². The normalized spacial score (nSPS) is 10.8. The van der Waals surface area contributed by atoms with Crippen LogP contribution in [0.25, 0.3) is 11.1 Å². The van der Waals surface area contributed by atoms with Crippen LogP contribution in [0.1, 0.15) is 12.5 Å². The van der Waals surface area contributed by atoms with Crippen LogP contribution in [0.5, 0.6) is 11.5 Å². The Kier molecular flexibility index (Phi) is 8.36. The maximum Gasteiger partial charge on any atom is 0.229 e. The fourth-order valence-electron chi connectivity index (χ4n) is 3.62. The lowest BCUT2D eigenvalue weighted by Crippen LogP contribution is -2.09. The van der Waals surface area contributed by atoms with Crippen LogP contribution < -0.4 is 20.1 Å². The van der Waals surface area contributed by atoms with Crippen molar-refractivity contribution in [3.05, 3.63) is 84.6 Å². The molecule has 0 radical (unpaired) electrons. The number of nitrogens with one attached hydrogen (secondary N) is 3. The van der Waals surface area contributed by atoms with Gasteiger partial charge in [-0.25, -0.2) is 4.98 Å². The largest absolute Gasteiger partial charge is 0.497 e. The number of rotatable bonds is 11. The summed E-state index contributed by atoms with van der Waals surface area (Å²) in [5, 5.41) is 6.60. The predicted molar refractivity (Wildman–Crippen MR) is 143 cm³/mol. The van der Waals surface area contributed by atoms with Crippen molar-refractivity contribution < 1.29 is 13.7 Å². The second-order valence-electron chi connectivity index (χ2n) is 7.86. The van der Waals surface area contributed by atoms with E-state index in [4.69, 9.17) is 19.2 Å². The Bertz CT molecular complexity index is 1370. The Labute approximate surface area is 212 Å². The van der Waals surface area contributed by atoms with Crippen LogP contribution in [0.15, 0.2) is 83.9 Å². The van der Waals surface area contributed by atoms with Crippen LogP contribution in [-0.2, 0) is 21.2 Å². The van der Waals surface area contributed by atoms with E-state index in [0.717, 1.165) is 29.0 Å². The molecule has 0 aliphatic heterocycles. The summed E-state index contributed by atoms with van der Waals surface area (Å²) in [5.41, 5.74) is 3.66. The fourth-order valence-corrected chi connectivity index (χ4v) is 4.06. The molecule has 4 rings (SSSR count). The molecule has 0 spiro atoms. The summed E-state index contributed by atoms with van der Waals surface area (Å²) in [4.78, 5) is 9.63. The van der Waals surface area contributed by atoms with Crippen LogP contribution in [0.3, 0.4) is 0 Å². The third kappa shape index (κ3) is 6.51. The molecule has 0 aliphatic rings. The Morgan fingerprint density at radius 1 is 1.00 bits per heavy atom. The lowest BCUT2D eigenvalue weighted by Gasteiger charge is -2.14. The molecule has 1 aromatic heterocycles. The molecule has 0 atom stereocenters. The van der Waals surface area contributed by atoms with Crippen molar-refractivity contribution in [2.45, 2.75) is 18.2 Å². The Balaban J connectivity index is 1.58. The van der Waals surface area contributed by atoms with Crippen molar-refractivity contribution in [1.29, 1.82) is 4.78 Å². The van der Waals surface area contributed by atoms with Gasteiger partial charge in [-0.2, -0.15) is 15.6 Å². The number of benzene rings is 3. The lowest BCUT2D eigenvalue weighted by molar-refractivity contribution is 0.340. The standard InChI is InChI=1S/C27H28N5O3S/c1-3-35-23-13-9-20(10-14-23)25-18-30-27(31-21-5-4-6-24(17-21)36(28)33)32-26(25)29-16-15-19-7-11-22(34-2)12-8-19/h4-14,17-18,28H,3,15-16H2,1-2H3,(H2,29,30,31,32)/q-1. The number of aromatic nitrogens is 2. The molecule has 0 saturated heterocycles. The van der Waals surface area contributed by atoms with Crippen molar-refractivity contribution in [3.63, 3.8) is 0 Å². The van der Waals surface area contributed by atoms with Gasteiger partial charge in [0.2, 0.25) is 5.95 Å². The molecule has 3 aromatic carbocycles. The Hall–Kier alpha value is -4.11. The van der Waals surface area contributed by atoms with Gasteiger partial charge in [0, 0.05) is 24.0 Å². The number of anilines is 3. The average Bonchev–Trinajstić information content (AvgIpc) is 2.90. The van der Waals surface area contributed by atoms with Gasteiger partial charge in [-0.15, -0.1) is 0 Å². The van der Waals surface area contributed by atoms with Crippen molar-refractivity contribution in [1.82, 2.24) is 9.97 Å². The highest BCUT2D eigenvalue weighted by atomic mass is 32.2. The van der Waals surface area contributed by atoms with Crippen LogP contribution in [-0.4, -0.2) is 30.2 Å². The molecule has 0 fully saturated rings. The molecule has 0 unspecified atom stereocenters. The molecule has 3 N–H and O–H groups in total. The van der Waals surface area contributed by atoms with E-state index < -0.39 is 10.6 Å². The zero-order valence-corrected chi connectivity index (χ0v) is 21.0. The molecule has 9 heteroatoms. The first kappa shape index (κ1) is 25.0. The first-order valence-corrected chi connectivity index (χ1v) is 12.7. The highest BCUT2D eigenvalue weighted by molar-refractivity contribution is 7.73. The smallest absolute Gasteiger partial charge is 0.229 e. The summed E-state index contributed by atoms with van der Waals surface area (Å²) in [6.45, 7) is 3.23. The molecule has 0 bridgehead atoms. The minimum Gasteiger partial charge on any atom is -0.497 e. The van der Waals surface area contributed by atoms with E-state index in [2.05, 4.69) is 15.6 Å². The van der Waals surface area contributed by atoms with E-state index in [0.29, 0.717) is 35.5 Å². The van der Waals surface area contributed by atoms with E-state index in [1.165, 1.54) is 5.56 Å². The Morgan fingerprint density at radius 2 is 1.75 bits per heavy atom. The highest BCUT2D eigenvalue weighted by Gasteiger charge is 2.11. The average molecular weight is 503 g/mol. The summed E-state index contributed by atoms with van der Waals surface area (Å²) in [5.74, 6) is 2.71. The highest BCUT2D eigenvalue weighted by Crippen LogP contribution is 2.29. The van der Waals surface area contributed by atoms with Gasteiger partial charge >= 0.3 is 0 Å². The maximum absolute atomic E-state index is 11.5. The van der Waals surface area contributed by atoms with Crippen molar-refractivity contribution in [2.75, 3.05) is 30.9 Å². The minimum absolute atomic E-state index is 0.393.